The van der Waals surface area contributed by atoms with E-state index in [1.165, 1.54) is 24.1 Å². The lowest BCUT2D eigenvalue weighted by Gasteiger charge is -2.29. The van der Waals surface area contributed by atoms with Crippen molar-refractivity contribution in [3.63, 3.8) is 0 Å². The highest BCUT2D eigenvalue weighted by molar-refractivity contribution is 5.75. The molecule has 3 aromatic rings. The lowest BCUT2D eigenvalue weighted by Crippen LogP contribution is -2.43. The molecule has 2 aliphatic carbocycles. The minimum atomic E-state index is 0.411. The molecule has 0 atom stereocenters. The summed E-state index contributed by atoms with van der Waals surface area (Å²) in [5.74, 6) is 1.76. The fraction of sp³-hybridized carbons (Fsp3) is 0.478. The molecule has 0 bridgehead atoms. The molecule has 1 aliphatic heterocycles. The summed E-state index contributed by atoms with van der Waals surface area (Å²) in [5.41, 5.74) is 7.04. The van der Waals surface area contributed by atoms with E-state index >= 15 is 0 Å². The Bertz CT molecular complexity index is 1110. The Hall–Kier alpha value is -3.00. The van der Waals surface area contributed by atoms with Crippen LogP contribution in [0, 0.1) is 0 Å². The Morgan fingerprint density at radius 3 is 2.65 bits per heavy atom. The highest BCUT2D eigenvalue weighted by Gasteiger charge is 2.35. The minimum absolute atomic E-state index is 0.411. The van der Waals surface area contributed by atoms with E-state index in [1.54, 1.807) is 0 Å². The molecule has 1 saturated heterocycles. The summed E-state index contributed by atoms with van der Waals surface area (Å²) in [4.78, 5) is 16.4. The van der Waals surface area contributed by atoms with Crippen LogP contribution in [0.2, 0.25) is 0 Å². The van der Waals surface area contributed by atoms with Crippen molar-refractivity contribution in [3.05, 3.63) is 41.5 Å². The molecule has 3 aromatic heterocycles. The van der Waals surface area contributed by atoms with E-state index in [1.807, 2.05) is 18.5 Å². The number of hydrogen-bond donors (Lipinski definition) is 2. The number of pyridine rings is 1. The molecule has 8 nitrogen and oxygen atoms in total. The van der Waals surface area contributed by atoms with Gasteiger partial charge in [-0.25, -0.2) is 15.0 Å². The molecule has 4 heterocycles. The van der Waals surface area contributed by atoms with Crippen LogP contribution in [0.15, 0.2) is 24.5 Å². The maximum Gasteiger partial charge on any atom is 0.228 e. The molecular weight excluding hydrogens is 388 g/mol. The fourth-order valence-corrected chi connectivity index (χ4v) is 4.71. The van der Waals surface area contributed by atoms with Crippen LogP contribution in [0.3, 0.4) is 0 Å². The topological polar surface area (TPSA) is 83.8 Å². The number of aromatic nitrogens is 5. The van der Waals surface area contributed by atoms with Crippen LogP contribution in [0.4, 0.5) is 17.5 Å². The largest absolute Gasteiger partial charge is 0.368 e. The first-order chi connectivity index (χ1) is 15.2. The average molecular weight is 417 g/mol. The second-order valence-electron chi connectivity index (χ2n) is 9.05. The van der Waals surface area contributed by atoms with E-state index in [-0.39, 0.29) is 0 Å². The molecule has 0 aromatic carbocycles. The van der Waals surface area contributed by atoms with Crippen LogP contribution in [0.5, 0.6) is 0 Å². The van der Waals surface area contributed by atoms with E-state index in [0.29, 0.717) is 17.9 Å². The van der Waals surface area contributed by atoms with Gasteiger partial charge in [-0.15, -0.1) is 0 Å². The van der Waals surface area contributed by atoms with E-state index in [9.17, 15) is 0 Å². The van der Waals surface area contributed by atoms with Gasteiger partial charge in [0.2, 0.25) is 5.95 Å². The van der Waals surface area contributed by atoms with Crippen molar-refractivity contribution in [3.8, 4) is 11.3 Å². The molecule has 0 spiro atoms. The number of piperazine rings is 1. The Morgan fingerprint density at radius 1 is 1.10 bits per heavy atom. The van der Waals surface area contributed by atoms with Gasteiger partial charge >= 0.3 is 0 Å². The van der Waals surface area contributed by atoms with Crippen molar-refractivity contribution in [2.24, 2.45) is 0 Å². The molecule has 0 radical (unpaired) electrons. The number of fused-ring (bicyclic) bond motifs is 3. The van der Waals surface area contributed by atoms with Crippen molar-refractivity contribution < 1.29 is 0 Å². The summed E-state index contributed by atoms with van der Waals surface area (Å²) in [7, 11) is 0. The van der Waals surface area contributed by atoms with Crippen molar-refractivity contribution in [2.75, 3.05) is 36.4 Å². The van der Waals surface area contributed by atoms with Crippen molar-refractivity contribution in [2.45, 2.75) is 45.1 Å². The van der Waals surface area contributed by atoms with Gasteiger partial charge in [0, 0.05) is 49.9 Å². The SMILES string of the molecule is CC(C)c1c2c(nn1C1CC1)Cc1cnc(Nc3ccc(N4CCNCC4)cn3)nc1-2. The van der Waals surface area contributed by atoms with Crippen molar-refractivity contribution >= 4 is 17.5 Å². The van der Waals surface area contributed by atoms with Crippen LogP contribution in [-0.2, 0) is 6.42 Å². The van der Waals surface area contributed by atoms with Crippen LogP contribution in [-0.4, -0.2) is 50.9 Å². The van der Waals surface area contributed by atoms with Gasteiger partial charge in [0.25, 0.3) is 0 Å². The van der Waals surface area contributed by atoms with Crippen LogP contribution in [0.1, 0.15) is 55.6 Å². The summed E-state index contributed by atoms with van der Waals surface area (Å²) < 4.78 is 2.27. The number of hydrogen-bond acceptors (Lipinski definition) is 7. The number of rotatable bonds is 5. The second kappa shape index (κ2) is 7.30. The molecule has 2 fully saturated rings. The van der Waals surface area contributed by atoms with Gasteiger partial charge < -0.3 is 15.5 Å². The summed E-state index contributed by atoms with van der Waals surface area (Å²) >= 11 is 0. The standard InChI is InChI=1S/C23H28N8/c1-14(2)22-20-18(29-31(22)16-3-4-16)11-15-12-26-23(28-21(15)20)27-19-6-5-17(13-25-19)30-9-7-24-8-10-30/h5-6,12-14,16,24H,3-4,7-11H2,1-2H3,(H,25,26,27,28). The maximum absolute atomic E-state index is 4.96. The molecule has 31 heavy (non-hydrogen) atoms. The third kappa shape index (κ3) is 3.35. The lowest BCUT2D eigenvalue weighted by molar-refractivity contribution is 0.578. The first-order valence-corrected chi connectivity index (χ1v) is 11.3. The Morgan fingerprint density at radius 2 is 1.94 bits per heavy atom. The third-order valence-electron chi connectivity index (χ3n) is 6.39. The van der Waals surface area contributed by atoms with Gasteiger partial charge in [0.1, 0.15) is 5.82 Å². The Kier molecular flexibility index (Phi) is 4.41. The Labute approximate surface area is 182 Å². The molecule has 1 saturated carbocycles. The van der Waals surface area contributed by atoms with E-state index in [4.69, 9.17) is 10.1 Å². The number of nitrogens with one attached hydrogen (secondary N) is 2. The zero-order valence-corrected chi connectivity index (χ0v) is 18.1. The summed E-state index contributed by atoms with van der Waals surface area (Å²) in [6, 6.07) is 4.69. The smallest absolute Gasteiger partial charge is 0.228 e. The molecule has 0 unspecified atom stereocenters. The maximum atomic E-state index is 4.96. The molecule has 2 N–H and O–H groups in total. The fourth-order valence-electron chi connectivity index (χ4n) is 4.71. The van der Waals surface area contributed by atoms with Crippen LogP contribution < -0.4 is 15.5 Å². The van der Waals surface area contributed by atoms with Gasteiger partial charge in [-0.05, 0) is 30.9 Å². The average Bonchev–Trinajstić information content (AvgIpc) is 3.48. The van der Waals surface area contributed by atoms with Gasteiger partial charge in [-0.1, -0.05) is 13.8 Å². The Balaban J connectivity index is 1.27. The zero-order chi connectivity index (χ0) is 20.9. The van der Waals surface area contributed by atoms with E-state index in [0.717, 1.165) is 61.1 Å². The third-order valence-corrected chi connectivity index (χ3v) is 6.39. The van der Waals surface area contributed by atoms with Gasteiger partial charge in [-0.3, -0.25) is 4.68 Å². The predicted molar refractivity (Wildman–Crippen MR) is 121 cm³/mol. The van der Waals surface area contributed by atoms with E-state index < -0.39 is 0 Å². The highest BCUT2D eigenvalue weighted by Crippen LogP contribution is 2.45. The molecule has 8 heteroatoms. The monoisotopic (exact) mass is 416 g/mol. The lowest BCUT2D eigenvalue weighted by atomic mass is 10.0. The van der Waals surface area contributed by atoms with Crippen LogP contribution >= 0.6 is 0 Å². The van der Waals surface area contributed by atoms with Gasteiger partial charge in [-0.2, -0.15) is 5.10 Å². The first kappa shape index (κ1) is 18.7. The molecule has 160 valence electrons. The summed E-state index contributed by atoms with van der Waals surface area (Å²) in [6.07, 6.45) is 7.16. The highest BCUT2D eigenvalue weighted by atomic mass is 15.3. The van der Waals surface area contributed by atoms with Crippen molar-refractivity contribution in [1.82, 2.24) is 30.0 Å². The predicted octanol–water partition coefficient (Wildman–Crippen LogP) is 3.25. The zero-order valence-electron chi connectivity index (χ0n) is 18.1. The first-order valence-electron chi connectivity index (χ1n) is 11.3. The summed E-state index contributed by atoms with van der Waals surface area (Å²) in [6.45, 7) is 8.55. The minimum Gasteiger partial charge on any atom is -0.368 e. The molecule has 0 amide bonds. The molecule has 3 aliphatic rings. The molecular formula is C23H28N8. The quantitative estimate of drug-likeness (QED) is 0.517. The number of anilines is 3. The van der Waals surface area contributed by atoms with Gasteiger partial charge in [0.05, 0.1) is 35.0 Å². The normalized spacial score (nSPS) is 17.7. The second-order valence-corrected chi connectivity index (χ2v) is 9.05. The van der Waals surface area contributed by atoms with Crippen LogP contribution in [0.25, 0.3) is 11.3 Å². The van der Waals surface area contributed by atoms with Gasteiger partial charge in [0.15, 0.2) is 0 Å². The van der Waals surface area contributed by atoms with E-state index in [2.05, 4.69) is 50.1 Å². The summed E-state index contributed by atoms with van der Waals surface area (Å²) in [5, 5.41) is 11.6. The molecule has 6 rings (SSSR count). The number of nitrogens with zero attached hydrogens (tertiary/aromatic N) is 6. The van der Waals surface area contributed by atoms with Crippen molar-refractivity contribution in [1.29, 1.82) is 0 Å².